The lowest BCUT2D eigenvalue weighted by molar-refractivity contribution is -0.121. The summed E-state index contributed by atoms with van der Waals surface area (Å²) in [5, 5.41) is 13.2. The minimum Gasteiger partial charge on any atom is -0.482 e. The fourth-order valence-corrected chi connectivity index (χ4v) is 2.93. The number of hydrogen-bond donors (Lipinski definition) is 2. The molecule has 0 saturated heterocycles. The van der Waals surface area contributed by atoms with Crippen molar-refractivity contribution < 1.29 is 19.5 Å². The van der Waals surface area contributed by atoms with E-state index in [-0.39, 0.29) is 24.6 Å². The van der Waals surface area contributed by atoms with Gasteiger partial charge in [0.1, 0.15) is 5.75 Å². The van der Waals surface area contributed by atoms with Gasteiger partial charge in [0.15, 0.2) is 6.61 Å². The molecule has 3 aromatic rings. The van der Waals surface area contributed by atoms with Gasteiger partial charge in [-0.3, -0.25) is 14.8 Å². The molecular weight excluding hydrogens is 348 g/mol. The molecule has 1 aliphatic rings. The average Bonchev–Trinajstić information content (AvgIpc) is 3.18. The number of hydroxylamine groups is 1. The lowest BCUT2D eigenvalue weighted by atomic mass is 10.1. The average molecular weight is 364 g/mol. The van der Waals surface area contributed by atoms with Gasteiger partial charge in [0.2, 0.25) is 0 Å². The fraction of sp³-hybridized carbons (Fsp3) is 0.105. The van der Waals surface area contributed by atoms with Crippen LogP contribution in [0.1, 0.15) is 15.9 Å². The van der Waals surface area contributed by atoms with Crippen LogP contribution >= 0.6 is 0 Å². The summed E-state index contributed by atoms with van der Waals surface area (Å²) in [6.45, 7) is 0.206. The number of amides is 2. The monoisotopic (exact) mass is 364 g/mol. The number of fused-ring (bicyclic) bond motifs is 1. The van der Waals surface area contributed by atoms with Gasteiger partial charge < -0.3 is 9.64 Å². The molecule has 8 heteroatoms. The Morgan fingerprint density at radius 2 is 2.04 bits per heavy atom. The zero-order valence-electron chi connectivity index (χ0n) is 14.2. The Hall–Kier alpha value is -3.65. The number of carbonyl (C=O) groups is 2. The molecule has 2 amide bonds. The van der Waals surface area contributed by atoms with Crippen LogP contribution in [0, 0.1) is 0 Å². The molecule has 0 atom stereocenters. The van der Waals surface area contributed by atoms with E-state index in [1.807, 2.05) is 36.5 Å². The highest BCUT2D eigenvalue weighted by atomic mass is 16.5. The highest BCUT2D eigenvalue weighted by molar-refractivity contribution is 6.00. The molecule has 0 unspecified atom stereocenters. The Labute approximate surface area is 154 Å². The predicted octanol–water partition coefficient (Wildman–Crippen LogP) is 1.92. The Morgan fingerprint density at radius 1 is 1.22 bits per heavy atom. The molecule has 1 aliphatic heterocycles. The maximum absolute atomic E-state index is 12.4. The van der Waals surface area contributed by atoms with Crippen LogP contribution in [0.5, 0.6) is 5.75 Å². The van der Waals surface area contributed by atoms with E-state index in [1.165, 1.54) is 12.1 Å². The Balaban J connectivity index is 1.64. The number of nitrogens with zero attached hydrogens (tertiary/aromatic N) is 3. The number of anilines is 1. The molecule has 0 radical (unpaired) electrons. The number of nitrogens with one attached hydrogen (secondary N) is 1. The summed E-state index contributed by atoms with van der Waals surface area (Å²) < 4.78 is 7.17. The third-order valence-corrected chi connectivity index (χ3v) is 4.26. The van der Waals surface area contributed by atoms with Crippen LogP contribution in [0.3, 0.4) is 0 Å². The van der Waals surface area contributed by atoms with Gasteiger partial charge in [-0.2, -0.15) is 5.10 Å². The summed E-state index contributed by atoms with van der Waals surface area (Å²) in [6, 6.07) is 14.3. The van der Waals surface area contributed by atoms with E-state index in [2.05, 4.69) is 5.10 Å². The second-order valence-corrected chi connectivity index (χ2v) is 6.02. The van der Waals surface area contributed by atoms with E-state index in [0.717, 1.165) is 11.3 Å². The van der Waals surface area contributed by atoms with Crippen molar-refractivity contribution in [2.75, 3.05) is 11.5 Å². The van der Waals surface area contributed by atoms with Crippen molar-refractivity contribution in [3.05, 3.63) is 72.1 Å². The summed E-state index contributed by atoms with van der Waals surface area (Å²) in [5.74, 6) is -0.385. The molecule has 2 N–H and O–H groups in total. The van der Waals surface area contributed by atoms with Crippen LogP contribution in [0.4, 0.5) is 5.69 Å². The van der Waals surface area contributed by atoms with Gasteiger partial charge in [-0.25, -0.2) is 10.2 Å². The molecule has 0 bridgehead atoms. The zero-order valence-corrected chi connectivity index (χ0v) is 14.2. The molecule has 2 heterocycles. The molecule has 0 fully saturated rings. The molecule has 27 heavy (non-hydrogen) atoms. The van der Waals surface area contributed by atoms with Crippen LogP contribution in [-0.2, 0) is 11.3 Å². The smallest absolute Gasteiger partial charge is 0.274 e. The van der Waals surface area contributed by atoms with Gasteiger partial charge in [0.25, 0.3) is 11.8 Å². The minimum absolute atomic E-state index is 0.0780. The van der Waals surface area contributed by atoms with Crippen molar-refractivity contribution in [2.24, 2.45) is 0 Å². The molecule has 0 spiro atoms. The molecule has 2 aromatic carbocycles. The highest BCUT2D eigenvalue weighted by Gasteiger charge is 2.27. The van der Waals surface area contributed by atoms with Gasteiger partial charge in [-0.1, -0.05) is 18.2 Å². The van der Waals surface area contributed by atoms with Crippen LogP contribution in [0.15, 0.2) is 60.9 Å². The van der Waals surface area contributed by atoms with Gasteiger partial charge in [0, 0.05) is 17.3 Å². The number of aromatic nitrogens is 2. The summed E-state index contributed by atoms with van der Waals surface area (Å²) in [4.78, 5) is 25.6. The number of rotatable bonds is 4. The quantitative estimate of drug-likeness (QED) is 0.545. The molecular formula is C19H16N4O4. The van der Waals surface area contributed by atoms with Gasteiger partial charge >= 0.3 is 0 Å². The fourth-order valence-electron chi connectivity index (χ4n) is 2.93. The molecule has 4 rings (SSSR count). The van der Waals surface area contributed by atoms with E-state index in [9.17, 15) is 9.59 Å². The summed E-state index contributed by atoms with van der Waals surface area (Å²) in [5.41, 5.74) is 4.03. The highest BCUT2D eigenvalue weighted by Crippen LogP contribution is 2.34. The predicted molar refractivity (Wildman–Crippen MR) is 95.9 cm³/mol. The van der Waals surface area contributed by atoms with Gasteiger partial charge in [-0.05, 0) is 30.3 Å². The van der Waals surface area contributed by atoms with E-state index >= 15 is 0 Å². The van der Waals surface area contributed by atoms with Gasteiger partial charge in [0.05, 0.1) is 24.1 Å². The lowest BCUT2D eigenvalue weighted by Gasteiger charge is -2.29. The normalized spacial score (nSPS) is 13.1. The Morgan fingerprint density at radius 3 is 2.81 bits per heavy atom. The first-order valence-electron chi connectivity index (χ1n) is 8.26. The van der Waals surface area contributed by atoms with E-state index in [4.69, 9.17) is 9.94 Å². The Bertz CT molecular complexity index is 1000. The van der Waals surface area contributed by atoms with Crippen molar-refractivity contribution in [3.8, 4) is 11.4 Å². The maximum Gasteiger partial charge on any atom is 0.274 e. The minimum atomic E-state index is -0.660. The zero-order chi connectivity index (χ0) is 18.8. The molecule has 0 saturated carbocycles. The van der Waals surface area contributed by atoms with Crippen molar-refractivity contribution in [1.29, 1.82) is 0 Å². The largest absolute Gasteiger partial charge is 0.482 e. The topological polar surface area (TPSA) is 96.7 Å². The van der Waals surface area contributed by atoms with Crippen LogP contribution in [0.25, 0.3) is 5.69 Å². The van der Waals surface area contributed by atoms with E-state index < -0.39 is 5.91 Å². The van der Waals surface area contributed by atoms with E-state index in [1.54, 1.807) is 27.3 Å². The van der Waals surface area contributed by atoms with Crippen molar-refractivity contribution in [1.82, 2.24) is 15.3 Å². The number of ether oxygens (including phenoxy) is 1. The second kappa shape index (κ2) is 6.93. The first kappa shape index (κ1) is 16.8. The summed E-state index contributed by atoms with van der Waals surface area (Å²) in [6.07, 6.45) is 3.54. The lowest BCUT2D eigenvalue weighted by Crippen LogP contribution is -2.38. The van der Waals surface area contributed by atoms with Crippen LogP contribution in [-0.4, -0.2) is 33.4 Å². The third-order valence-electron chi connectivity index (χ3n) is 4.26. The maximum atomic E-state index is 12.4. The van der Waals surface area contributed by atoms with Crippen molar-refractivity contribution in [2.45, 2.75) is 6.54 Å². The third kappa shape index (κ3) is 3.25. The summed E-state index contributed by atoms with van der Waals surface area (Å²) in [7, 11) is 0. The first-order valence-corrected chi connectivity index (χ1v) is 8.26. The van der Waals surface area contributed by atoms with Crippen molar-refractivity contribution >= 4 is 17.5 Å². The molecule has 0 aliphatic carbocycles. The number of carbonyl (C=O) groups excluding carboxylic acids is 2. The summed E-state index contributed by atoms with van der Waals surface area (Å²) >= 11 is 0. The van der Waals surface area contributed by atoms with Gasteiger partial charge in [-0.15, -0.1) is 0 Å². The number of benzene rings is 2. The SMILES string of the molecule is O=C(NO)c1ccc2c(c1)N(Cc1cnn(-c3ccccc3)c1)C(=O)CO2. The molecule has 8 nitrogen and oxygen atoms in total. The standard InChI is InChI=1S/C19H16N4O4/c24-18-12-27-17-7-6-14(19(25)21-26)8-16(17)22(18)10-13-9-20-23(11-13)15-4-2-1-3-5-15/h1-9,11,26H,10,12H2,(H,21,25). The Kier molecular flexibility index (Phi) is 4.31. The van der Waals surface area contributed by atoms with Crippen LogP contribution < -0.4 is 15.1 Å². The van der Waals surface area contributed by atoms with E-state index in [0.29, 0.717) is 11.4 Å². The molecule has 136 valence electrons. The first-order chi connectivity index (χ1) is 13.2. The second-order valence-electron chi connectivity index (χ2n) is 6.02. The molecule has 1 aromatic heterocycles. The number of para-hydroxylation sites is 1. The number of hydrogen-bond acceptors (Lipinski definition) is 5. The van der Waals surface area contributed by atoms with Crippen LogP contribution in [0.2, 0.25) is 0 Å². The van der Waals surface area contributed by atoms with Crippen molar-refractivity contribution in [3.63, 3.8) is 0 Å².